The van der Waals surface area contributed by atoms with Gasteiger partial charge in [0.2, 0.25) is 10.0 Å². The maximum absolute atomic E-state index is 12.7. The lowest BCUT2D eigenvalue weighted by Gasteiger charge is -2.40. The first-order chi connectivity index (χ1) is 9.38. The molecule has 1 aliphatic heterocycles. The lowest BCUT2D eigenvalue weighted by atomic mass is 10.1. The molecule has 1 aromatic heterocycles. The Bertz CT molecular complexity index is 552. The van der Waals surface area contributed by atoms with Gasteiger partial charge in [0.05, 0.1) is 23.6 Å². The summed E-state index contributed by atoms with van der Waals surface area (Å²) in [6.07, 6.45) is 0. The average molecular weight is 318 g/mol. The molecule has 1 aliphatic rings. The SMILES string of the molecule is CCNCc1cc(S(=O)(=O)N2CCOCC2(C)C)cs1. The molecule has 20 heavy (non-hydrogen) atoms. The van der Waals surface area contributed by atoms with E-state index in [9.17, 15) is 8.42 Å². The van der Waals surface area contributed by atoms with Gasteiger partial charge in [-0.05, 0) is 26.5 Å². The summed E-state index contributed by atoms with van der Waals surface area (Å²) >= 11 is 1.48. The highest BCUT2D eigenvalue weighted by Gasteiger charge is 2.40. The zero-order valence-corrected chi connectivity index (χ0v) is 13.8. The third-order valence-electron chi connectivity index (χ3n) is 3.34. The van der Waals surface area contributed by atoms with E-state index in [2.05, 4.69) is 5.32 Å². The van der Waals surface area contributed by atoms with Gasteiger partial charge in [-0.2, -0.15) is 4.31 Å². The molecule has 0 saturated carbocycles. The number of nitrogens with one attached hydrogen (secondary N) is 1. The summed E-state index contributed by atoms with van der Waals surface area (Å²) in [5, 5.41) is 4.94. The molecule has 1 saturated heterocycles. The number of nitrogens with zero attached hydrogens (tertiary/aromatic N) is 1. The van der Waals surface area contributed by atoms with Crippen LogP contribution in [0.2, 0.25) is 0 Å². The second-order valence-corrected chi connectivity index (χ2v) is 8.33. The first kappa shape index (κ1) is 15.9. The summed E-state index contributed by atoms with van der Waals surface area (Å²) in [4.78, 5) is 1.43. The van der Waals surface area contributed by atoms with E-state index in [1.165, 1.54) is 11.3 Å². The number of rotatable bonds is 5. The highest BCUT2D eigenvalue weighted by molar-refractivity contribution is 7.89. The second-order valence-electron chi connectivity index (χ2n) is 5.47. The molecule has 0 atom stereocenters. The Labute approximate surface area is 125 Å². The summed E-state index contributed by atoms with van der Waals surface area (Å²) in [6.45, 7) is 8.71. The van der Waals surface area contributed by atoms with Crippen LogP contribution in [0.5, 0.6) is 0 Å². The molecular weight excluding hydrogens is 296 g/mol. The quantitative estimate of drug-likeness (QED) is 0.897. The van der Waals surface area contributed by atoms with E-state index >= 15 is 0 Å². The Morgan fingerprint density at radius 2 is 2.25 bits per heavy atom. The Balaban J connectivity index is 2.23. The monoisotopic (exact) mass is 318 g/mol. The van der Waals surface area contributed by atoms with Crippen molar-refractivity contribution in [3.05, 3.63) is 16.3 Å². The molecule has 0 aliphatic carbocycles. The summed E-state index contributed by atoms with van der Waals surface area (Å²) in [6, 6.07) is 1.77. The van der Waals surface area contributed by atoms with Gasteiger partial charge >= 0.3 is 0 Å². The van der Waals surface area contributed by atoms with E-state index in [-0.39, 0.29) is 0 Å². The van der Waals surface area contributed by atoms with E-state index in [4.69, 9.17) is 4.74 Å². The zero-order valence-electron chi connectivity index (χ0n) is 12.2. The van der Waals surface area contributed by atoms with E-state index in [0.29, 0.717) is 31.2 Å². The molecule has 0 amide bonds. The summed E-state index contributed by atoms with van der Waals surface area (Å²) in [5.74, 6) is 0. The minimum absolute atomic E-state index is 0.394. The number of morpholine rings is 1. The van der Waals surface area contributed by atoms with Crippen LogP contribution in [-0.4, -0.2) is 44.6 Å². The van der Waals surface area contributed by atoms with Gasteiger partial charge < -0.3 is 10.1 Å². The predicted molar refractivity (Wildman–Crippen MR) is 80.5 cm³/mol. The Hall–Kier alpha value is -0.470. The molecule has 7 heteroatoms. The number of thiophene rings is 1. The predicted octanol–water partition coefficient (Wildman–Crippen LogP) is 1.66. The highest BCUT2D eigenvalue weighted by Crippen LogP contribution is 2.29. The minimum Gasteiger partial charge on any atom is -0.378 e. The molecule has 0 bridgehead atoms. The third kappa shape index (κ3) is 3.23. The van der Waals surface area contributed by atoms with Gasteiger partial charge in [0.15, 0.2) is 0 Å². The lowest BCUT2D eigenvalue weighted by Crippen LogP contribution is -2.55. The largest absolute Gasteiger partial charge is 0.378 e. The van der Waals surface area contributed by atoms with Gasteiger partial charge in [0.25, 0.3) is 0 Å². The van der Waals surface area contributed by atoms with Gasteiger partial charge in [-0.25, -0.2) is 8.42 Å². The third-order valence-corrected chi connectivity index (χ3v) is 6.51. The first-order valence-electron chi connectivity index (χ1n) is 6.76. The molecule has 5 nitrogen and oxygen atoms in total. The molecular formula is C13H22N2O3S2. The van der Waals surface area contributed by atoms with E-state index < -0.39 is 15.6 Å². The number of hydrogen-bond acceptors (Lipinski definition) is 5. The van der Waals surface area contributed by atoms with Crippen molar-refractivity contribution in [1.29, 1.82) is 0 Å². The molecule has 114 valence electrons. The fourth-order valence-corrected chi connectivity index (χ4v) is 5.24. The molecule has 2 rings (SSSR count). The Morgan fingerprint density at radius 3 is 2.90 bits per heavy atom. The van der Waals surface area contributed by atoms with Crippen molar-refractivity contribution in [3.8, 4) is 0 Å². The van der Waals surface area contributed by atoms with E-state index in [1.807, 2.05) is 20.8 Å². The minimum atomic E-state index is -3.44. The molecule has 0 aromatic carbocycles. The van der Waals surface area contributed by atoms with Crippen molar-refractivity contribution < 1.29 is 13.2 Å². The van der Waals surface area contributed by atoms with E-state index in [1.54, 1.807) is 15.8 Å². The van der Waals surface area contributed by atoms with Crippen LogP contribution in [-0.2, 0) is 21.3 Å². The molecule has 1 N–H and O–H groups in total. The number of hydrogen-bond donors (Lipinski definition) is 1. The highest BCUT2D eigenvalue weighted by atomic mass is 32.2. The maximum Gasteiger partial charge on any atom is 0.244 e. The van der Waals surface area contributed by atoms with E-state index in [0.717, 1.165) is 11.4 Å². The van der Waals surface area contributed by atoms with Crippen molar-refractivity contribution in [2.45, 2.75) is 37.8 Å². The van der Waals surface area contributed by atoms with Gasteiger partial charge in [0.1, 0.15) is 0 Å². The molecule has 0 radical (unpaired) electrons. The Morgan fingerprint density at radius 1 is 1.50 bits per heavy atom. The first-order valence-corrected chi connectivity index (χ1v) is 9.08. The van der Waals surface area contributed by atoms with Crippen molar-refractivity contribution in [3.63, 3.8) is 0 Å². The van der Waals surface area contributed by atoms with Crippen molar-refractivity contribution in [2.75, 3.05) is 26.3 Å². The molecule has 1 fully saturated rings. The van der Waals surface area contributed by atoms with Crippen LogP contribution in [0.3, 0.4) is 0 Å². The fourth-order valence-electron chi connectivity index (χ4n) is 2.25. The summed E-state index contributed by atoms with van der Waals surface area (Å²) in [7, 11) is -3.44. The van der Waals surface area contributed by atoms with Crippen LogP contribution in [0.1, 0.15) is 25.6 Å². The lowest BCUT2D eigenvalue weighted by molar-refractivity contribution is -0.00769. The zero-order chi connectivity index (χ0) is 14.8. The molecule has 1 aromatic rings. The maximum atomic E-state index is 12.7. The number of sulfonamides is 1. The van der Waals surface area contributed by atoms with Crippen LogP contribution in [0.15, 0.2) is 16.3 Å². The molecule has 0 spiro atoms. The van der Waals surface area contributed by atoms with Crippen LogP contribution < -0.4 is 5.32 Å². The molecule has 0 unspecified atom stereocenters. The Kier molecular flexibility index (Phi) is 4.86. The van der Waals surface area contributed by atoms with Crippen molar-refractivity contribution >= 4 is 21.4 Å². The van der Waals surface area contributed by atoms with Gasteiger partial charge in [-0.3, -0.25) is 0 Å². The van der Waals surface area contributed by atoms with Gasteiger partial charge in [-0.15, -0.1) is 11.3 Å². The number of ether oxygens (including phenoxy) is 1. The van der Waals surface area contributed by atoms with Crippen molar-refractivity contribution in [2.24, 2.45) is 0 Å². The summed E-state index contributed by atoms with van der Waals surface area (Å²) < 4.78 is 32.4. The van der Waals surface area contributed by atoms with Crippen LogP contribution >= 0.6 is 11.3 Å². The average Bonchev–Trinajstić information content (AvgIpc) is 2.85. The summed E-state index contributed by atoms with van der Waals surface area (Å²) in [5.41, 5.74) is -0.499. The second kappa shape index (κ2) is 6.11. The topological polar surface area (TPSA) is 58.6 Å². The smallest absolute Gasteiger partial charge is 0.244 e. The van der Waals surface area contributed by atoms with Gasteiger partial charge in [-0.1, -0.05) is 6.92 Å². The van der Waals surface area contributed by atoms with Crippen LogP contribution in [0, 0.1) is 0 Å². The van der Waals surface area contributed by atoms with Crippen LogP contribution in [0.25, 0.3) is 0 Å². The van der Waals surface area contributed by atoms with Crippen LogP contribution in [0.4, 0.5) is 0 Å². The van der Waals surface area contributed by atoms with Crippen molar-refractivity contribution in [1.82, 2.24) is 9.62 Å². The van der Waals surface area contributed by atoms with Gasteiger partial charge in [0, 0.05) is 23.3 Å². The standard InChI is InChI=1S/C13H22N2O3S2/c1-4-14-8-11-7-12(9-19-11)20(16,17)15-5-6-18-10-13(15,2)3/h7,9,14H,4-6,8,10H2,1-3H3. The normalized spacial score (nSPS) is 20.1. The fraction of sp³-hybridized carbons (Fsp3) is 0.692. The molecule has 2 heterocycles.